The standard InChI is InChI=1S/C18H11NO2/c20-18-15-10-4-3-9-14(15)17(21-18)19-16-11-5-7-12-6-1-2-8-13(12)16/h1-11H/b19-17-. The van der Waals surface area contributed by atoms with E-state index in [0.717, 1.165) is 22.0 Å². The zero-order valence-corrected chi connectivity index (χ0v) is 11.1. The maximum atomic E-state index is 11.8. The average Bonchev–Trinajstić information content (AvgIpc) is 2.85. The molecule has 21 heavy (non-hydrogen) atoms. The Balaban J connectivity index is 1.91. The molecule has 0 radical (unpaired) electrons. The van der Waals surface area contributed by atoms with Gasteiger partial charge in [-0.05, 0) is 23.6 Å². The van der Waals surface area contributed by atoms with Crippen LogP contribution in [0.5, 0.6) is 0 Å². The van der Waals surface area contributed by atoms with E-state index < -0.39 is 0 Å². The Hall–Kier alpha value is -2.94. The normalized spacial score (nSPS) is 15.2. The van der Waals surface area contributed by atoms with E-state index in [1.54, 1.807) is 6.07 Å². The maximum Gasteiger partial charge on any atom is 0.345 e. The van der Waals surface area contributed by atoms with Crippen molar-refractivity contribution in [3.8, 4) is 0 Å². The van der Waals surface area contributed by atoms with Crippen LogP contribution in [0.2, 0.25) is 0 Å². The van der Waals surface area contributed by atoms with E-state index in [-0.39, 0.29) is 5.97 Å². The van der Waals surface area contributed by atoms with Gasteiger partial charge < -0.3 is 4.74 Å². The molecule has 0 amide bonds. The molecule has 3 heteroatoms. The third kappa shape index (κ3) is 1.91. The Morgan fingerprint density at radius 2 is 1.48 bits per heavy atom. The maximum absolute atomic E-state index is 11.8. The van der Waals surface area contributed by atoms with Crippen molar-refractivity contribution in [2.45, 2.75) is 0 Å². The lowest BCUT2D eigenvalue weighted by Crippen LogP contribution is -1.99. The van der Waals surface area contributed by atoms with Gasteiger partial charge in [-0.25, -0.2) is 9.79 Å². The van der Waals surface area contributed by atoms with Gasteiger partial charge in [-0.1, -0.05) is 48.5 Å². The fourth-order valence-corrected chi connectivity index (χ4v) is 2.54. The molecule has 0 unspecified atom stereocenters. The molecule has 0 fully saturated rings. The van der Waals surface area contributed by atoms with Gasteiger partial charge in [0, 0.05) is 5.39 Å². The summed E-state index contributed by atoms with van der Waals surface area (Å²) in [4.78, 5) is 16.4. The summed E-state index contributed by atoms with van der Waals surface area (Å²) in [6.07, 6.45) is 0. The fraction of sp³-hybridized carbons (Fsp3) is 0. The lowest BCUT2D eigenvalue weighted by molar-refractivity contribution is 0.0737. The molecule has 1 aliphatic rings. The van der Waals surface area contributed by atoms with Crippen LogP contribution in [0.4, 0.5) is 5.69 Å². The molecule has 0 atom stereocenters. The van der Waals surface area contributed by atoms with Crippen LogP contribution >= 0.6 is 0 Å². The minimum atomic E-state index is -0.343. The largest absolute Gasteiger partial charge is 0.403 e. The smallest absolute Gasteiger partial charge is 0.345 e. The molecule has 100 valence electrons. The highest BCUT2D eigenvalue weighted by Gasteiger charge is 2.27. The molecule has 0 N–H and O–H groups in total. The van der Waals surface area contributed by atoms with E-state index in [1.165, 1.54) is 0 Å². The summed E-state index contributed by atoms with van der Waals surface area (Å²) in [5.41, 5.74) is 2.11. The Morgan fingerprint density at radius 1 is 0.762 bits per heavy atom. The minimum Gasteiger partial charge on any atom is -0.403 e. The molecule has 0 aliphatic carbocycles. The number of aliphatic imine (C=N–C) groups is 1. The molecule has 0 saturated carbocycles. The first-order valence-corrected chi connectivity index (χ1v) is 6.71. The number of hydrogen-bond donors (Lipinski definition) is 0. The number of hydrogen-bond acceptors (Lipinski definition) is 3. The van der Waals surface area contributed by atoms with Gasteiger partial charge >= 0.3 is 5.97 Å². The van der Waals surface area contributed by atoms with Crippen LogP contribution in [-0.2, 0) is 4.74 Å². The number of rotatable bonds is 1. The van der Waals surface area contributed by atoms with Gasteiger partial charge in [0.2, 0.25) is 5.90 Å². The summed E-state index contributed by atoms with van der Waals surface area (Å²) in [6.45, 7) is 0. The van der Waals surface area contributed by atoms with Crippen molar-refractivity contribution in [1.82, 2.24) is 0 Å². The zero-order valence-electron chi connectivity index (χ0n) is 11.1. The van der Waals surface area contributed by atoms with Crippen molar-refractivity contribution in [2.75, 3.05) is 0 Å². The Morgan fingerprint density at radius 3 is 2.38 bits per heavy atom. The molecule has 1 aliphatic heterocycles. The Bertz CT molecular complexity index is 891. The number of carbonyl (C=O) groups is 1. The summed E-state index contributed by atoms with van der Waals surface area (Å²) in [5, 5.41) is 2.14. The highest BCUT2D eigenvalue weighted by Crippen LogP contribution is 2.28. The molecule has 1 heterocycles. The number of esters is 1. The zero-order chi connectivity index (χ0) is 14.2. The third-order valence-electron chi connectivity index (χ3n) is 3.56. The van der Waals surface area contributed by atoms with E-state index in [4.69, 9.17) is 4.74 Å². The third-order valence-corrected chi connectivity index (χ3v) is 3.56. The van der Waals surface area contributed by atoms with Crippen LogP contribution in [0.25, 0.3) is 10.8 Å². The van der Waals surface area contributed by atoms with Crippen molar-refractivity contribution >= 4 is 28.3 Å². The van der Waals surface area contributed by atoms with Crippen molar-refractivity contribution < 1.29 is 9.53 Å². The van der Waals surface area contributed by atoms with E-state index in [2.05, 4.69) is 4.99 Å². The second-order valence-electron chi connectivity index (χ2n) is 4.85. The number of benzene rings is 3. The molecule has 0 spiro atoms. The van der Waals surface area contributed by atoms with E-state index in [9.17, 15) is 4.79 Å². The van der Waals surface area contributed by atoms with E-state index >= 15 is 0 Å². The number of fused-ring (bicyclic) bond motifs is 2. The van der Waals surface area contributed by atoms with Gasteiger partial charge in [-0.2, -0.15) is 0 Å². The van der Waals surface area contributed by atoms with Crippen molar-refractivity contribution in [3.63, 3.8) is 0 Å². The predicted molar refractivity (Wildman–Crippen MR) is 82.0 cm³/mol. The second kappa shape index (κ2) is 4.56. The summed E-state index contributed by atoms with van der Waals surface area (Å²) in [7, 11) is 0. The number of nitrogens with zero attached hydrogens (tertiary/aromatic N) is 1. The lowest BCUT2D eigenvalue weighted by atomic mass is 10.1. The number of ether oxygens (including phenoxy) is 1. The summed E-state index contributed by atoms with van der Waals surface area (Å²) in [5.74, 6) is 0.0246. The van der Waals surface area contributed by atoms with Gasteiger partial charge in [0.15, 0.2) is 0 Å². The highest BCUT2D eigenvalue weighted by molar-refractivity contribution is 6.17. The summed E-state index contributed by atoms with van der Waals surface area (Å²) in [6, 6.07) is 21.2. The Labute approximate surface area is 121 Å². The van der Waals surface area contributed by atoms with Crippen LogP contribution in [0, 0.1) is 0 Å². The molecule has 4 rings (SSSR count). The van der Waals surface area contributed by atoms with Gasteiger partial charge in [-0.15, -0.1) is 0 Å². The molecule has 0 bridgehead atoms. The van der Waals surface area contributed by atoms with Crippen LogP contribution in [0.3, 0.4) is 0 Å². The van der Waals surface area contributed by atoms with E-state index in [1.807, 2.05) is 60.7 Å². The monoisotopic (exact) mass is 273 g/mol. The van der Waals surface area contributed by atoms with Crippen LogP contribution in [0.1, 0.15) is 15.9 Å². The second-order valence-corrected chi connectivity index (χ2v) is 4.85. The van der Waals surface area contributed by atoms with Crippen molar-refractivity contribution in [2.24, 2.45) is 4.99 Å². The number of cyclic esters (lactones) is 1. The molecule has 3 nitrogen and oxygen atoms in total. The van der Waals surface area contributed by atoms with Crippen molar-refractivity contribution in [1.29, 1.82) is 0 Å². The molecule has 0 aromatic heterocycles. The molecule has 3 aromatic rings. The van der Waals surface area contributed by atoms with Crippen LogP contribution < -0.4 is 0 Å². The summed E-state index contributed by atoms with van der Waals surface area (Å²) >= 11 is 0. The van der Waals surface area contributed by atoms with Crippen molar-refractivity contribution in [3.05, 3.63) is 77.9 Å². The van der Waals surface area contributed by atoms with Crippen LogP contribution in [-0.4, -0.2) is 11.9 Å². The van der Waals surface area contributed by atoms with Gasteiger partial charge in [-0.3, -0.25) is 0 Å². The fourth-order valence-electron chi connectivity index (χ4n) is 2.54. The lowest BCUT2D eigenvalue weighted by Gasteiger charge is -2.03. The van der Waals surface area contributed by atoms with Gasteiger partial charge in [0.1, 0.15) is 0 Å². The average molecular weight is 273 g/mol. The highest BCUT2D eigenvalue weighted by atomic mass is 16.5. The minimum absolute atomic E-state index is 0.343. The number of carbonyl (C=O) groups excluding carboxylic acids is 1. The molecule has 0 saturated heterocycles. The first-order chi connectivity index (χ1) is 10.3. The molecular formula is C18H11NO2. The van der Waals surface area contributed by atoms with Gasteiger partial charge in [0.25, 0.3) is 0 Å². The quantitative estimate of drug-likeness (QED) is 0.626. The molecule has 3 aromatic carbocycles. The summed E-state index contributed by atoms with van der Waals surface area (Å²) < 4.78 is 5.30. The van der Waals surface area contributed by atoms with E-state index in [0.29, 0.717) is 11.5 Å². The van der Waals surface area contributed by atoms with Gasteiger partial charge in [0.05, 0.1) is 16.8 Å². The first-order valence-electron chi connectivity index (χ1n) is 6.71. The predicted octanol–water partition coefficient (Wildman–Crippen LogP) is 4.09. The Kier molecular flexibility index (Phi) is 2.57. The van der Waals surface area contributed by atoms with Crippen LogP contribution in [0.15, 0.2) is 71.7 Å². The molecular weight excluding hydrogens is 262 g/mol. The first kappa shape index (κ1) is 11.9. The SMILES string of the molecule is O=C1O/C(=N\c2cccc3ccccc23)c2ccccc21. The topological polar surface area (TPSA) is 38.7 Å².